The Kier molecular flexibility index (Phi) is 4.68. The van der Waals surface area contributed by atoms with Crippen LogP contribution in [0.5, 0.6) is 11.5 Å². The van der Waals surface area contributed by atoms with E-state index in [9.17, 15) is 13.5 Å². The zero-order chi connectivity index (χ0) is 17.3. The third kappa shape index (κ3) is 4.24. The zero-order valence-electron chi connectivity index (χ0n) is 13.6. The van der Waals surface area contributed by atoms with Gasteiger partial charge in [-0.3, -0.25) is 0 Å². The maximum absolute atomic E-state index is 12.4. The average molecular weight is 335 g/mol. The lowest BCUT2D eigenvalue weighted by atomic mass is 10.1. The van der Waals surface area contributed by atoms with Crippen LogP contribution in [0.1, 0.15) is 20.8 Å². The molecule has 2 aromatic carbocycles. The number of hydrogen-bond donors (Lipinski definition) is 2. The van der Waals surface area contributed by atoms with Crippen molar-refractivity contribution in [3.63, 3.8) is 0 Å². The van der Waals surface area contributed by atoms with E-state index in [2.05, 4.69) is 4.72 Å². The SMILES string of the molecule is COc1cc(-c2cccc(S(=O)(=O)NC(C)(C)C)c2)ccc1O. The molecule has 124 valence electrons. The van der Waals surface area contributed by atoms with Crippen LogP contribution in [0.25, 0.3) is 11.1 Å². The molecule has 23 heavy (non-hydrogen) atoms. The van der Waals surface area contributed by atoms with Crippen LogP contribution in [0.3, 0.4) is 0 Å². The number of ether oxygens (including phenoxy) is 1. The van der Waals surface area contributed by atoms with Crippen LogP contribution >= 0.6 is 0 Å². The minimum absolute atomic E-state index is 0.0365. The molecule has 0 unspecified atom stereocenters. The Morgan fingerprint density at radius 1 is 1.04 bits per heavy atom. The summed E-state index contributed by atoms with van der Waals surface area (Å²) in [6.07, 6.45) is 0. The molecule has 0 heterocycles. The largest absolute Gasteiger partial charge is 0.504 e. The average Bonchev–Trinajstić information content (AvgIpc) is 2.45. The van der Waals surface area contributed by atoms with Crippen molar-refractivity contribution in [1.82, 2.24) is 4.72 Å². The molecule has 0 saturated carbocycles. The van der Waals surface area contributed by atoms with E-state index in [0.717, 1.165) is 11.1 Å². The van der Waals surface area contributed by atoms with Gasteiger partial charge in [-0.25, -0.2) is 13.1 Å². The summed E-state index contributed by atoms with van der Waals surface area (Å²) in [5, 5.41) is 9.66. The molecule has 5 nitrogen and oxygen atoms in total. The van der Waals surface area contributed by atoms with Crippen molar-refractivity contribution in [2.75, 3.05) is 7.11 Å². The number of methoxy groups -OCH3 is 1. The van der Waals surface area contributed by atoms with Crippen LogP contribution < -0.4 is 9.46 Å². The maximum atomic E-state index is 12.4. The maximum Gasteiger partial charge on any atom is 0.241 e. The number of sulfonamides is 1. The summed E-state index contributed by atoms with van der Waals surface area (Å²) in [7, 11) is -2.14. The van der Waals surface area contributed by atoms with Crippen LogP contribution in [0.15, 0.2) is 47.4 Å². The second kappa shape index (κ2) is 6.22. The van der Waals surface area contributed by atoms with Crippen LogP contribution in [-0.4, -0.2) is 26.2 Å². The van der Waals surface area contributed by atoms with Crippen molar-refractivity contribution < 1.29 is 18.3 Å². The molecule has 0 amide bonds. The molecule has 6 heteroatoms. The number of benzene rings is 2. The number of hydrogen-bond acceptors (Lipinski definition) is 4. The molecular formula is C17H21NO4S. The lowest BCUT2D eigenvalue weighted by Gasteiger charge is -2.20. The van der Waals surface area contributed by atoms with E-state index < -0.39 is 15.6 Å². The summed E-state index contributed by atoms with van der Waals surface area (Å²) in [6.45, 7) is 5.37. The molecule has 0 atom stereocenters. The van der Waals surface area contributed by atoms with Crippen molar-refractivity contribution in [3.8, 4) is 22.6 Å². The van der Waals surface area contributed by atoms with Crippen LogP contribution in [0.2, 0.25) is 0 Å². The van der Waals surface area contributed by atoms with Crippen molar-refractivity contribution >= 4 is 10.0 Å². The highest BCUT2D eigenvalue weighted by atomic mass is 32.2. The van der Waals surface area contributed by atoms with Gasteiger partial charge in [0.2, 0.25) is 10.0 Å². The Labute approximate surface area is 137 Å². The first-order valence-electron chi connectivity index (χ1n) is 7.14. The van der Waals surface area contributed by atoms with Crippen molar-refractivity contribution in [2.24, 2.45) is 0 Å². The van der Waals surface area contributed by atoms with E-state index in [1.807, 2.05) is 6.07 Å². The van der Waals surface area contributed by atoms with E-state index in [1.165, 1.54) is 13.2 Å². The fourth-order valence-electron chi connectivity index (χ4n) is 2.16. The topological polar surface area (TPSA) is 75.6 Å². The summed E-state index contributed by atoms with van der Waals surface area (Å²) in [5.41, 5.74) is 0.920. The molecule has 0 spiro atoms. The van der Waals surface area contributed by atoms with Gasteiger partial charge in [-0.2, -0.15) is 0 Å². The fraction of sp³-hybridized carbons (Fsp3) is 0.294. The first kappa shape index (κ1) is 17.3. The number of phenols is 1. The summed E-state index contributed by atoms with van der Waals surface area (Å²) in [5.74, 6) is 0.373. The first-order chi connectivity index (χ1) is 10.6. The Bertz CT molecular complexity index is 808. The molecule has 2 aromatic rings. The van der Waals surface area contributed by atoms with Gasteiger partial charge in [-0.15, -0.1) is 0 Å². The second-order valence-electron chi connectivity index (χ2n) is 6.27. The predicted octanol–water partition coefficient (Wildman–Crippen LogP) is 3.14. The van der Waals surface area contributed by atoms with Gasteiger partial charge in [0.05, 0.1) is 12.0 Å². The van der Waals surface area contributed by atoms with E-state index in [-0.39, 0.29) is 10.6 Å². The Morgan fingerprint density at radius 3 is 2.30 bits per heavy atom. The predicted molar refractivity (Wildman–Crippen MR) is 90.2 cm³/mol. The number of nitrogens with one attached hydrogen (secondary N) is 1. The first-order valence-corrected chi connectivity index (χ1v) is 8.62. The van der Waals surface area contributed by atoms with Gasteiger partial charge in [0.25, 0.3) is 0 Å². The smallest absolute Gasteiger partial charge is 0.241 e. The Morgan fingerprint density at radius 2 is 1.70 bits per heavy atom. The molecule has 2 rings (SSSR count). The van der Waals surface area contributed by atoms with E-state index in [4.69, 9.17) is 4.74 Å². The van der Waals surface area contributed by atoms with Gasteiger partial charge in [-0.05, 0) is 56.2 Å². The normalized spacial score (nSPS) is 12.2. The summed E-state index contributed by atoms with van der Waals surface area (Å²) in [6, 6.07) is 11.5. The van der Waals surface area contributed by atoms with E-state index in [0.29, 0.717) is 5.75 Å². The van der Waals surface area contributed by atoms with Gasteiger partial charge >= 0.3 is 0 Å². The van der Waals surface area contributed by atoms with Gasteiger partial charge in [0, 0.05) is 5.54 Å². The summed E-state index contributed by atoms with van der Waals surface area (Å²) < 4.78 is 32.6. The number of phenolic OH excluding ortho intramolecular Hbond substituents is 1. The monoisotopic (exact) mass is 335 g/mol. The molecule has 0 saturated heterocycles. The Hall–Kier alpha value is -2.05. The lowest BCUT2D eigenvalue weighted by Crippen LogP contribution is -2.40. The second-order valence-corrected chi connectivity index (χ2v) is 7.95. The van der Waals surface area contributed by atoms with Crippen LogP contribution in [0.4, 0.5) is 0 Å². The molecule has 0 aliphatic heterocycles. The van der Waals surface area contributed by atoms with E-state index in [1.54, 1.807) is 51.1 Å². The standard InChI is InChI=1S/C17H21NO4S/c1-17(2,3)18-23(20,21)14-7-5-6-12(10-14)13-8-9-15(19)16(11-13)22-4/h5-11,18-19H,1-4H3. The zero-order valence-corrected chi connectivity index (χ0v) is 14.4. The van der Waals surface area contributed by atoms with Crippen LogP contribution in [0, 0.1) is 0 Å². The summed E-state index contributed by atoms with van der Waals surface area (Å²) in [4.78, 5) is 0.192. The van der Waals surface area contributed by atoms with Crippen LogP contribution in [-0.2, 0) is 10.0 Å². The molecule has 2 N–H and O–H groups in total. The molecule has 0 fully saturated rings. The minimum Gasteiger partial charge on any atom is -0.504 e. The highest BCUT2D eigenvalue weighted by molar-refractivity contribution is 7.89. The van der Waals surface area contributed by atoms with Crippen molar-refractivity contribution in [3.05, 3.63) is 42.5 Å². The van der Waals surface area contributed by atoms with Gasteiger partial charge in [0.1, 0.15) is 0 Å². The lowest BCUT2D eigenvalue weighted by molar-refractivity contribution is 0.373. The van der Waals surface area contributed by atoms with Crippen molar-refractivity contribution in [1.29, 1.82) is 0 Å². The fourth-order valence-corrected chi connectivity index (χ4v) is 3.63. The number of aromatic hydroxyl groups is 1. The molecule has 0 aromatic heterocycles. The number of rotatable bonds is 4. The minimum atomic E-state index is -3.60. The quantitative estimate of drug-likeness (QED) is 0.900. The van der Waals surface area contributed by atoms with Gasteiger partial charge < -0.3 is 9.84 Å². The molecule has 0 aliphatic carbocycles. The molecular weight excluding hydrogens is 314 g/mol. The Balaban J connectivity index is 2.45. The van der Waals surface area contributed by atoms with E-state index >= 15 is 0 Å². The van der Waals surface area contributed by atoms with Gasteiger partial charge in [-0.1, -0.05) is 18.2 Å². The van der Waals surface area contributed by atoms with Gasteiger partial charge in [0.15, 0.2) is 11.5 Å². The highest BCUT2D eigenvalue weighted by Gasteiger charge is 2.22. The third-order valence-electron chi connectivity index (χ3n) is 3.10. The summed E-state index contributed by atoms with van der Waals surface area (Å²) >= 11 is 0. The van der Waals surface area contributed by atoms with Crippen molar-refractivity contribution in [2.45, 2.75) is 31.2 Å². The highest BCUT2D eigenvalue weighted by Crippen LogP contribution is 2.32. The molecule has 0 aliphatic rings. The molecule has 0 radical (unpaired) electrons. The third-order valence-corrected chi connectivity index (χ3v) is 4.85. The molecule has 0 bridgehead atoms.